The Morgan fingerprint density at radius 2 is 1.74 bits per heavy atom. The fraction of sp³-hybridized carbons (Fsp3) is 0.536. The maximum Gasteiger partial charge on any atom is 0.391 e. The first-order valence-electron chi connectivity index (χ1n) is 13.9. The summed E-state index contributed by atoms with van der Waals surface area (Å²) < 4.78 is 99.3. The first-order valence-corrected chi connectivity index (χ1v) is 15.4. The van der Waals surface area contributed by atoms with Gasteiger partial charge < -0.3 is 9.32 Å². The molecule has 2 fully saturated rings. The molecular weight excluding hydrogens is 581 g/mol. The zero-order valence-corrected chi connectivity index (χ0v) is 23.8. The number of hydrogen-bond acceptors (Lipinski definition) is 7. The van der Waals surface area contributed by atoms with Crippen LogP contribution in [-0.4, -0.2) is 59.1 Å². The Morgan fingerprint density at radius 1 is 1.02 bits per heavy atom. The SMILES string of the molecule is Cc1cccc(N(Cc2ccc(-c3nnc(C(F)F)o3)cn2)S(=O)(=O)C2CCN([C@H]3CC[C@@H](C(F)(F)F)CC3)CC2)c1. The lowest BCUT2D eigenvalue weighted by atomic mass is 9.84. The molecule has 1 aliphatic heterocycles. The van der Waals surface area contributed by atoms with Crippen LogP contribution in [0.2, 0.25) is 0 Å². The molecule has 1 aromatic carbocycles. The third-order valence-electron chi connectivity index (χ3n) is 8.18. The smallest absolute Gasteiger partial charge is 0.391 e. The largest absolute Gasteiger partial charge is 0.415 e. The van der Waals surface area contributed by atoms with Crippen LogP contribution >= 0.6 is 0 Å². The first kappa shape index (κ1) is 30.3. The Balaban J connectivity index is 1.29. The van der Waals surface area contributed by atoms with Gasteiger partial charge in [-0.05, 0) is 88.4 Å². The molecule has 2 aliphatic rings. The summed E-state index contributed by atoms with van der Waals surface area (Å²) in [6, 6.07) is 10.3. The molecule has 8 nitrogen and oxygen atoms in total. The van der Waals surface area contributed by atoms with Crippen LogP contribution in [0.5, 0.6) is 0 Å². The summed E-state index contributed by atoms with van der Waals surface area (Å²) in [5.74, 6) is -2.17. The first-order chi connectivity index (χ1) is 19.9. The van der Waals surface area contributed by atoms with Gasteiger partial charge in [-0.1, -0.05) is 12.1 Å². The number of sulfonamides is 1. The van der Waals surface area contributed by atoms with Crippen molar-refractivity contribution in [2.45, 2.75) is 75.9 Å². The molecule has 3 aromatic rings. The van der Waals surface area contributed by atoms with Crippen LogP contribution in [0, 0.1) is 12.8 Å². The van der Waals surface area contributed by atoms with E-state index in [2.05, 4.69) is 20.1 Å². The summed E-state index contributed by atoms with van der Waals surface area (Å²) in [5.41, 5.74) is 2.12. The fourth-order valence-electron chi connectivity index (χ4n) is 5.83. The van der Waals surface area contributed by atoms with Crippen molar-refractivity contribution >= 4 is 15.7 Å². The molecule has 0 bridgehead atoms. The third kappa shape index (κ3) is 6.74. The van der Waals surface area contributed by atoms with Crippen LogP contribution in [-0.2, 0) is 16.6 Å². The van der Waals surface area contributed by atoms with Gasteiger partial charge in [0.15, 0.2) is 0 Å². The second-order valence-electron chi connectivity index (χ2n) is 11.0. The molecule has 0 amide bonds. The van der Waals surface area contributed by atoms with E-state index < -0.39 is 39.7 Å². The quantitative estimate of drug-likeness (QED) is 0.276. The van der Waals surface area contributed by atoms with E-state index in [0.29, 0.717) is 55.7 Å². The predicted octanol–water partition coefficient (Wildman–Crippen LogP) is 6.30. The minimum absolute atomic E-state index is 0.0402. The number of rotatable bonds is 8. The van der Waals surface area contributed by atoms with Crippen LogP contribution in [0.3, 0.4) is 0 Å². The van der Waals surface area contributed by atoms with Crippen molar-refractivity contribution in [3.8, 4) is 11.5 Å². The van der Waals surface area contributed by atoms with Crippen LogP contribution in [0.1, 0.15) is 62.1 Å². The molecule has 1 aliphatic carbocycles. The normalized spacial score (nSPS) is 21.1. The van der Waals surface area contributed by atoms with Crippen LogP contribution in [0.25, 0.3) is 11.5 Å². The number of halogens is 5. The molecule has 0 unspecified atom stereocenters. The van der Waals surface area contributed by atoms with Crippen molar-refractivity contribution < 1.29 is 34.8 Å². The minimum Gasteiger partial charge on any atom is -0.415 e. The van der Waals surface area contributed by atoms with Gasteiger partial charge in [-0.15, -0.1) is 10.2 Å². The molecule has 42 heavy (non-hydrogen) atoms. The van der Waals surface area contributed by atoms with E-state index in [1.807, 2.05) is 13.0 Å². The number of alkyl halides is 5. The van der Waals surface area contributed by atoms with Gasteiger partial charge in [-0.3, -0.25) is 9.29 Å². The van der Waals surface area contributed by atoms with Gasteiger partial charge in [0, 0.05) is 12.2 Å². The van der Waals surface area contributed by atoms with Crippen molar-refractivity contribution in [1.29, 1.82) is 0 Å². The number of nitrogens with zero attached hydrogens (tertiary/aromatic N) is 5. The third-order valence-corrected chi connectivity index (χ3v) is 10.4. The molecule has 0 atom stereocenters. The van der Waals surface area contributed by atoms with Gasteiger partial charge in [-0.25, -0.2) is 8.42 Å². The summed E-state index contributed by atoms with van der Waals surface area (Å²) in [6.07, 6.45) is -3.80. The molecular formula is C28H32F5N5O3S. The highest BCUT2D eigenvalue weighted by Gasteiger charge is 2.43. The molecule has 1 saturated heterocycles. The number of aromatic nitrogens is 3. The lowest BCUT2D eigenvalue weighted by Gasteiger charge is -2.41. The molecule has 3 heterocycles. The van der Waals surface area contributed by atoms with Crippen molar-refractivity contribution in [3.05, 3.63) is 59.7 Å². The topological polar surface area (TPSA) is 92.4 Å². The Kier molecular flexibility index (Phi) is 8.83. The van der Waals surface area contributed by atoms with E-state index in [1.165, 1.54) is 10.5 Å². The summed E-state index contributed by atoms with van der Waals surface area (Å²) >= 11 is 0. The van der Waals surface area contributed by atoms with Gasteiger partial charge in [0.05, 0.1) is 34.7 Å². The highest BCUT2D eigenvalue weighted by atomic mass is 32.2. The van der Waals surface area contributed by atoms with Gasteiger partial charge in [-0.2, -0.15) is 22.0 Å². The van der Waals surface area contributed by atoms with E-state index in [9.17, 15) is 30.4 Å². The monoisotopic (exact) mass is 613 g/mol. The second-order valence-corrected chi connectivity index (χ2v) is 13.1. The fourth-order valence-corrected chi connectivity index (χ4v) is 7.72. The number of likely N-dealkylation sites (tertiary alicyclic amines) is 1. The van der Waals surface area contributed by atoms with Crippen molar-refractivity contribution in [2.24, 2.45) is 5.92 Å². The number of aryl methyl sites for hydroxylation is 1. The highest BCUT2D eigenvalue weighted by molar-refractivity contribution is 7.93. The standard InChI is InChI=1S/C28H32F5N5O3S/c1-18-3-2-4-23(15-18)38(17-21-8-5-19(16-34-21)26-35-36-27(41-26)25(29)30)42(39,40)24-11-13-37(14-12-24)22-9-6-20(7-10-22)28(31,32)33/h2-5,8,15-16,20,22,24-25H,6-7,9-14,17H2,1H3/t20-,22+. The molecule has 5 rings (SSSR count). The highest BCUT2D eigenvalue weighted by Crippen LogP contribution is 2.39. The number of anilines is 1. The molecule has 228 valence electrons. The molecule has 1 saturated carbocycles. The average Bonchev–Trinajstić information content (AvgIpc) is 3.47. The summed E-state index contributed by atoms with van der Waals surface area (Å²) in [7, 11) is -3.85. The van der Waals surface area contributed by atoms with E-state index in [1.54, 1.807) is 30.3 Å². The van der Waals surface area contributed by atoms with E-state index in [4.69, 9.17) is 4.42 Å². The molecule has 0 radical (unpaired) electrons. The molecule has 14 heteroatoms. The number of piperidine rings is 1. The van der Waals surface area contributed by atoms with Gasteiger partial charge in [0.25, 0.3) is 5.89 Å². The lowest BCUT2D eigenvalue weighted by molar-refractivity contribution is -0.184. The van der Waals surface area contributed by atoms with E-state index in [-0.39, 0.29) is 31.3 Å². The maximum absolute atomic E-state index is 14.0. The molecule has 0 N–H and O–H groups in total. The zero-order valence-electron chi connectivity index (χ0n) is 23.0. The zero-order chi connectivity index (χ0) is 30.1. The Bertz CT molecular complexity index is 1450. The van der Waals surface area contributed by atoms with Crippen LogP contribution in [0.4, 0.5) is 27.6 Å². The van der Waals surface area contributed by atoms with E-state index >= 15 is 0 Å². The van der Waals surface area contributed by atoms with Gasteiger partial charge in [0.1, 0.15) is 0 Å². The summed E-state index contributed by atoms with van der Waals surface area (Å²) in [6.45, 7) is 2.82. The van der Waals surface area contributed by atoms with Gasteiger partial charge in [0.2, 0.25) is 15.9 Å². The maximum atomic E-state index is 14.0. The van der Waals surface area contributed by atoms with Crippen molar-refractivity contribution in [1.82, 2.24) is 20.1 Å². The van der Waals surface area contributed by atoms with E-state index in [0.717, 1.165) is 5.56 Å². The lowest BCUT2D eigenvalue weighted by Crippen LogP contribution is -2.49. The Morgan fingerprint density at radius 3 is 2.31 bits per heavy atom. The Labute approximate surface area is 241 Å². The minimum atomic E-state index is -4.16. The average molecular weight is 614 g/mol. The Hall–Kier alpha value is -3.13. The summed E-state index contributed by atoms with van der Waals surface area (Å²) in [4.78, 5) is 6.49. The van der Waals surface area contributed by atoms with Crippen LogP contribution < -0.4 is 4.31 Å². The number of pyridine rings is 1. The number of benzene rings is 1. The molecule has 0 spiro atoms. The summed E-state index contributed by atoms with van der Waals surface area (Å²) in [5, 5.41) is 6.26. The van der Waals surface area contributed by atoms with Crippen LogP contribution in [0.15, 0.2) is 47.0 Å². The number of hydrogen-bond donors (Lipinski definition) is 0. The van der Waals surface area contributed by atoms with Crippen molar-refractivity contribution in [3.63, 3.8) is 0 Å². The van der Waals surface area contributed by atoms with Gasteiger partial charge >= 0.3 is 12.6 Å². The van der Waals surface area contributed by atoms with Crippen molar-refractivity contribution in [2.75, 3.05) is 17.4 Å². The predicted molar refractivity (Wildman–Crippen MR) is 145 cm³/mol. The molecule has 2 aromatic heterocycles. The second kappa shape index (κ2) is 12.2.